The smallest absolute Gasteiger partial charge is 0.325 e. The summed E-state index contributed by atoms with van der Waals surface area (Å²) in [5, 5.41) is 10.4. The van der Waals surface area contributed by atoms with Crippen molar-refractivity contribution in [3.8, 4) is 0 Å². The zero-order chi connectivity index (χ0) is 14.8. The Morgan fingerprint density at radius 1 is 1.47 bits per heavy atom. The van der Waals surface area contributed by atoms with E-state index in [1.165, 1.54) is 13.8 Å². The zero-order valence-electron chi connectivity index (χ0n) is 11.3. The molecule has 0 aromatic rings. The van der Waals surface area contributed by atoms with Gasteiger partial charge < -0.3 is 9.84 Å². The number of carbonyl (C=O) groups excluding carboxylic acids is 3. The predicted molar refractivity (Wildman–Crippen MR) is 70.2 cm³/mol. The number of thioether (sulfide) groups is 1. The minimum atomic E-state index is -1.78. The third-order valence-electron chi connectivity index (χ3n) is 2.81. The number of hydrogen-bond donors (Lipinski definition) is 1. The van der Waals surface area contributed by atoms with Crippen molar-refractivity contribution in [3.63, 3.8) is 0 Å². The highest BCUT2D eigenvalue weighted by Gasteiger charge is 2.49. The van der Waals surface area contributed by atoms with Crippen LogP contribution in [0.2, 0.25) is 0 Å². The first kappa shape index (κ1) is 15.7. The summed E-state index contributed by atoms with van der Waals surface area (Å²) in [5.74, 6) is -1.55. The van der Waals surface area contributed by atoms with E-state index in [1.807, 2.05) is 0 Å². The molecule has 19 heavy (non-hydrogen) atoms. The molecule has 1 atom stereocenters. The molecule has 0 spiro atoms. The van der Waals surface area contributed by atoms with Gasteiger partial charge in [-0.2, -0.15) is 0 Å². The molecule has 0 aromatic heterocycles. The number of ketones is 1. The lowest BCUT2D eigenvalue weighted by atomic mass is 10.0. The number of rotatable bonds is 5. The highest BCUT2D eigenvalue weighted by molar-refractivity contribution is 8.03. The minimum Gasteiger partial charge on any atom is -0.465 e. The molecular formula is C12H17NO5S. The Hall–Kier alpha value is -1.34. The SMILES string of the molecule is CCOC(=O)CN1C(=O)C(SC)=C(C(C)=O)C1(C)O. The van der Waals surface area contributed by atoms with Crippen LogP contribution in [0.5, 0.6) is 0 Å². The van der Waals surface area contributed by atoms with Crippen LogP contribution in [0.4, 0.5) is 0 Å². The van der Waals surface area contributed by atoms with Crippen molar-refractivity contribution in [1.82, 2.24) is 4.90 Å². The van der Waals surface area contributed by atoms with E-state index in [2.05, 4.69) is 0 Å². The lowest BCUT2D eigenvalue weighted by Crippen LogP contribution is -2.49. The summed E-state index contributed by atoms with van der Waals surface area (Å²) < 4.78 is 4.76. The maximum Gasteiger partial charge on any atom is 0.325 e. The van der Waals surface area contributed by atoms with Crippen LogP contribution in [0.15, 0.2) is 10.5 Å². The maximum atomic E-state index is 12.1. The van der Waals surface area contributed by atoms with Gasteiger partial charge in [-0.3, -0.25) is 19.3 Å². The van der Waals surface area contributed by atoms with Crippen molar-refractivity contribution in [1.29, 1.82) is 0 Å². The van der Waals surface area contributed by atoms with Gasteiger partial charge >= 0.3 is 5.97 Å². The van der Waals surface area contributed by atoms with Crippen molar-refractivity contribution in [2.75, 3.05) is 19.4 Å². The highest BCUT2D eigenvalue weighted by Crippen LogP contribution is 2.38. The molecule has 0 bridgehead atoms. The van der Waals surface area contributed by atoms with E-state index in [9.17, 15) is 19.5 Å². The van der Waals surface area contributed by atoms with E-state index >= 15 is 0 Å². The molecule has 0 aromatic carbocycles. The Balaban J connectivity index is 3.10. The molecule has 106 valence electrons. The number of ether oxygens (including phenoxy) is 1. The van der Waals surface area contributed by atoms with Crippen molar-refractivity contribution in [2.24, 2.45) is 0 Å². The normalized spacial score (nSPS) is 23.0. The molecule has 0 fully saturated rings. The van der Waals surface area contributed by atoms with Crippen LogP contribution in [0.3, 0.4) is 0 Å². The van der Waals surface area contributed by atoms with Gasteiger partial charge in [0.05, 0.1) is 17.1 Å². The van der Waals surface area contributed by atoms with Gasteiger partial charge in [0.2, 0.25) is 0 Å². The molecular weight excluding hydrogens is 270 g/mol. The Morgan fingerprint density at radius 2 is 2.05 bits per heavy atom. The van der Waals surface area contributed by atoms with E-state index in [-0.39, 0.29) is 23.6 Å². The molecule has 0 radical (unpaired) electrons. The largest absolute Gasteiger partial charge is 0.465 e. The van der Waals surface area contributed by atoms with Crippen LogP contribution < -0.4 is 0 Å². The molecule has 0 aliphatic carbocycles. The Morgan fingerprint density at radius 3 is 2.42 bits per heavy atom. The first-order valence-electron chi connectivity index (χ1n) is 5.77. The molecule has 1 heterocycles. The quantitative estimate of drug-likeness (QED) is 0.732. The second-order valence-electron chi connectivity index (χ2n) is 4.18. The van der Waals surface area contributed by atoms with E-state index < -0.39 is 23.4 Å². The monoisotopic (exact) mass is 287 g/mol. The fraction of sp³-hybridized carbons (Fsp3) is 0.583. The molecule has 6 nitrogen and oxygen atoms in total. The van der Waals surface area contributed by atoms with Gasteiger partial charge in [-0.05, 0) is 27.0 Å². The summed E-state index contributed by atoms with van der Waals surface area (Å²) in [5.41, 5.74) is -1.76. The predicted octanol–water partition coefficient (Wildman–Crippen LogP) is 0.306. The van der Waals surface area contributed by atoms with Crippen molar-refractivity contribution < 1.29 is 24.2 Å². The molecule has 1 amide bonds. The molecule has 1 N–H and O–H groups in total. The maximum absolute atomic E-state index is 12.1. The van der Waals surface area contributed by atoms with Crippen LogP contribution in [0.25, 0.3) is 0 Å². The van der Waals surface area contributed by atoms with Gasteiger partial charge in [0.25, 0.3) is 5.91 Å². The standard InChI is InChI=1S/C12H17NO5S/c1-5-18-8(15)6-13-11(16)10(19-4)9(7(2)14)12(13,3)17/h17H,5-6H2,1-4H3. The summed E-state index contributed by atoms with van der Waals surface area (Å²) in [6.45, 7) is 4.05. The molecule has 0 saturated carbocycles. The summed E-state index contributed by atoms with van der Waals surface area (Å²) in [4.78, 5) is 36.3. The van der Waals surface area contributed by atoms with Crippen LogP contribution in [0, 0.1) is 0 Å². The van der Waals surface area contributed by atoms with E-state index in [0.717, 1.165) is 16.7 Å². The van der Waals surface area contributed by atoms with Crippen molar-refractivity contribution in [2.45, 2.75) is 26.5 Å². The third-order valence-corrected chi connectivity index (χ3v) is 3.60. The molecule has 1 rings (SSSR count). The number of carbonyl (C=O) groups is 3. The second-order valence-corrected chi connectivity index (χ2v) is 5.00. The number of esters is 1. The first-order chi connectivity index (χ1) is 8.77. The highest BCUT2D eigenvalue weighted by atomic mass is 32.2. The first-order valence-corrected chi connectivity index (χ1v) is 6.99. The number of amides is 1. The van der Waals surface area contributed by atoms with Crippen molar-refractivity contribution in [3.05, 3.63) is 10.5 Å². The Bertz CT molecular complexity index is 455. The number of nitrogens with zero attached hydrogens (tertiary/aromatic N) is 1. The lowest BCUT2D eigenvalue weighted by Gasteiger charge is -2.30. The van der Waals surface area contributed by atoms with Gasteiger partial charge in [-0.25, -0.2) is 0 Å². The summed E-state index contributed by atoms with van der Waals surface area (Å²) in [6.07, 6.45) is 1.64. The van der Waals surface area contributed by atoms with Crippen LogP contribution in [-0.2, 0) is 19.1 Å². The fourth-order valence-corrected chi connectivity index (χ4v) is 2.85. The summed E-state index contributed by atoms with van der Waals surface area (Å²) >= 11 is 1.08. The number of aliphatic hydroxyl groups is 1. The molecule has 0 saturated heterocycles. The van der Waals surface area contributed by atoms with E-state index in [4.69, 9.17) is 4.74 Å². The summed E-state index contributed by atoms with van der Waals surface area (Å²) in [7, 11) is 0. The third kappa shape index (κ3) is 2.82. The molecule has 1 unspecified atom stereocenters. The van der Waals surface area contributed by atoms with Gasteiger partial charge in [0, 0.05) is 0 Å². The van der Waals surface area contributed by atoms with Gasteiger partial charge in [0.15, 0.2) is 11.5 Å². The number of hydrogen-bond acceptors (Lipinski definition) is 6. The molecule has 7 heteroatoms. The van der Waals surface area contributed by atoms with Crippen LogP contribution >= 0.6 is 11.8 Å². The van der Waals surface area contributed by atoms with Crippen LogP contribution in [-0.4, -0.2) is 52.8 Å². The lowest BCUT2D eigenvalue weighted by molar-refractivity contribution is -0.157. The zero-order valence-corrected chi connectivity index (χ0v) is 12.2. The van der Waals surface area contributed by atoms with E-state index in [0.29, 0.717) is 0 Å². The fourth-order valence-electron chi connectivity index (χ4n) is 2.02. The Kier molecular flexibility index (Phi) is 4.75. The van der Waals surface area contributed by atoms with Gasteiger partial charge in [0.1, 0.15) is 6.54 Å². The van der Waals surface area contributed by atoms with E-state index in [1.54, 1.807) is 13.2 Å². The van der Waals surface area contributed by atoms with Crippen molar-refractivity contribution >= 4 is 29.4 Å². The average Bonchev–Trinajstić information content (AvgIpc) is 2.49. The minimum absolute atomic E-state index is 0.0225. The Labute approximate surface area is 115 Å². The average molecular weight is 287 g/mol. The molecule has 1 aliphatic rings. The second kappa shape index (κ2) is 5.75. The van der Waals surface area contributed by atoms with Gasteiger partial charge in [-0.1, -0.05) is 0 Å². The summed E-state index contributed by atoms with van der Waals surface area (Å²) in [6, 6.07) is 0. The number of Topliss-reactive ketones (excluding diaryl/α,β-unsaturated/α-hetero) is 1. The molecule has 1 aliphatic heterocycles. The van der Waals surface area contributed by atoms with Crippen LogP contribution in [0.1, 0.15) is 20.8 Å². The topological polar surface area (TPSA) is 83.9 Å². The van der Waals surface area contributed by atoms with Gasteiger partial charge in [-0.15, -0.1) is 11.8 Å².